The predicted molar refractivity (Wildman–Crippen MR) is 114 cm³/mol. The number of fused-ring (bicyclic) bond motifs is 3. The minimum atomic E-state index is -0.0241. The fraction of sp³-hybridized carbons (Fsp3) is 0.143. The Kier molecular flexibility index (Phi) is 3.95. The molecular formula is C21H18N6OS. The first-order valence-corrected chi connectivity index (χ1v) is 9.94. The van der Waals surface area contributed by atoms with E-state index in [1.165, 1.54) is 11.3 Å². The molecule has 4 aromatic heterocycles. The van der Waals surface area contributed by atoms with Gasteiger partial charge in [-0.05, 0) is 48.9 Å². The second-order valence-corrected chi connectivity index (χ2v) is 8.02. The van der Waals surface area contributed by atoms with E-state index < -0.39 is 0 Å². The highest BCUT2D eigenvalue weighted by Crippen LogP contribution is 2.33. The van der Waals surface area contributed by atoms with Gasteiger partial charge in [-0.25, -0.2) is 14.5 Å². The van der Waals surface area contributed by atoms with Crippen LogP contribution in [0.4, 0.5) is 0 Å². The van der Waals surface area contributed by atoms with Crippen molar-refractivity contribution in [1.82, 2.24) is 29.0 Å². The van der Waals surface area contributed by atoms with Crippen LogP contribution >= 0.6 is 11.3 Å². The highest BCUT2D eigenvalue weighted by molar-refractivity contribution is 7.20. The number of thiophene rings is 1. The van der Waals surface area contributed by atoms with Gasteiger partial charge in [0.15, 0.2) is 11.5 Å². The van der Waals surface area contributed by atoms with Gasteiger partial charge in [-0.2, -0.15) is 0 Å². The van der Waals surface area contributed by atoms with E-state index in [0.29, 0.717) is 16.3 Å². The number of amides is 1. The maximum absolute atomic E-state index is 12.5. The van der Waals surface area contributed by atoms with E-state index >= 15 is 0 Å². The number of hydrogen-bond donors (Lipinski definition) is 0. The van der Waals surface area contributed by atoms with Crippen LogP contribution in [0.3, 0.4) is 0 Å². The largest absolute Gasteiger partial charge is 0.344 e. The summed E-state index contributed by atoms with van der Waals surface area (Å²) in [5.41, 5.74) is 3.61. The molecule has 144 valence electrons. The number of aryl methyl sites for hydroxylation is 1. The summed E-state index contributed by atoms with van der Waals surface area (Å²) in [6.45, 7) is 1.94. The number of aromatic nitrogens is 5. The van der Waals surface area contributed by atoms with Crippen LogP contribution in [0.2, 0.25) is 0 Å². The molecule has 7 nitrogen and oxygen atoms in total. The molecule has 0 aliphatic rings. The van der Waals surface area contributed by atoms with Crippen molar-refractivity contribution in [2.45, 2.75) is 6.92 Å². The lowest BCUT2D eigenvalue weighted by Gasteiger charge is -2.08. The molecule has 8 heteroatoms. The van der Waals surface area contributed by atoms with Crippen LogP contribution in [0.1, 0.15) is 15.2 Å². The van der Waals surface area contributed by atoms with Crippen molar-refractivity contribution in [3.63, 3.8) is 0 Å². The SMILES string of the molecule is Cc1c(C(=O)N(C)C)sc2ncn3nc(-c4ccc(-n5cccc5)cc4)nc3c12. The third kappa shape index (κ3) is 2.80. The van der Waals surface area contributed by atoms with Crippen molar-refractivity contribution in [2.75, 3.05) is 14.1 Å². The summed E-state index contributed by atoms with van der Waals surface area (Å²) in [6.07, 6.45) is 5.67. The highest BCUT2D eigenvalue weighted by atomic mass is 32.1. The number of carbonyl (C=O) groups is 1. The molecule has 0 saturated heterocycles. The van der Waals surface area contributed by atoms with Crippen LogP contribution in [0.5, 0.6) is 0 Å². The van der Waals surface area contributed by atoms with E-state index in [4.69, 9.17) is 4.98 Å². The summed E-state index contributed by atoms with van der Waals surface area (Å²) in [5.74, 6) is 0.605. The molecule has 0 bridgehead atoms. The molecule has 4 heterocycles. The first-order chi connectivity index (χ1) is 14.0. The van der Waals surface area contributed by atoms with Gasteiger partial charge in [0.05, 0.1) is 10.3 Å². The normalized spacial score (nSPS) is 11.4. The molecule has 0 saturated carbocycles. The van der Waals surface area contributed by atoms with Gasteiger partial charge in [-0.15, -0.1) is 16.4 Å². The summed E-state index contributed by atoms with van der Waals surface area (Å²) in [6, 6.07) is 12.1. The van der Waals surface area contributed by atoms with E-state index in [2.05, 4.69) is 10.1 Å². The van der Waals surface area contributed by atoms with Gasteiger partial charge in [0.25, 0.3) is 5.91 Å². The Hall–Kier alpha value is -3.52. The third-order valence-electron chi connectivity index (χ3n) is 4.90. The number of nitrogens with zero attached hydrogens (tertiary/aromatic N) is 6. The van der Waals surface area contributed by atoms with Crippen molar-refractivity contribution in [3.8, 4) is 17.1 Å². The Balaban J connectivity index is 1.61. The van der Waals surface area contributed by atoms with Crippen LogP contribution in [-0.4, -0.2) is 49.1 Å². The zero-order valence-corrected chi connectivity index (χ0v) is 17.0. The van der Waals surface area contributed by atoms with Crippen molar-refractivity contribution in [2.24, 2.45) is 0 Å². The Morgan fingerprint density at radius 3 is 2.52 bits per heavy atom. The third-order valence-corrected chi connectivity index (χ3v) is 6.08. The molecule has 0 fully saturated rings. The smallest absolute Gasteiger partial charge is 0.263 e. The van der Waals surface area contributed by atoms with Gasteiger partial charge < -0.3 is 9.47 Å². The van der Waals surface area contributed by atoms with Crippen LogP contribution < -0.4 is 0 Å². The molecule has 0 radical (unpaired) electrons. The number of benzene rings is 1. The van der Waals surface area contributed by atoms with E-state index in [0.717, 1.165) is 27.0 Å². The molecule has 1 amide bonds. The lowest BCUT2D eigenvalue weighted by molar-refractivity contribution is 0.0831. The van der Waals surface area contributed by atoms with Gasteiger partial charge >= 0.3 is 0 Å². The minimum absolute atomic E-state index is 0.0241. The van der Waals surface area contributed by atoms with E-state index in [1.54, 1.807) is 29.8 Å². The van der Waals surface area contributed by atoms with Crippen LogP contribution in [0, 0.1) is 6.92 Å². The zero-order chi connectivity index (χ0) is 20.1. The topological polar surface area (TPSA) is 68.3 Å². The summed E-state index contributed by atoms with van der Waals surface area (Å²) < 4.78 is 3.73. The number of carbonyl (C=O) groups excluding carboxylic acids is 1. The lowest BCUT2D eigenvalue weighted by atomic mass is 10.2. The highest BCUT2D eigenvalue weighted by Gasteiger charge is 2.21. The van der Waals surface area contributed by atoms with Crippen molar-refractivity contribution in [1.29, 1.82) is 0 Å². The molecule has 5 rings (SSSR count). The molecule has 5 aromatic rings. The maximum atomic E-state index is 12.5. The fourth-order valence-electron chi connectivity index (χ4n) is 3.35. The lowest BCUT2D eigenvalue weighted by Crippen LogP contribution is -2.21. The van der Waals surface area contributed by atoms with E-state index in [9.17, 15) is 4.79 Å². The molecule has 0 aliphatic carbocycles. The van der Waals surface area contributed by atoms with Crippen LogP contribution in [-0.2, 0) is 0 Å². The van der Waals surface area contributed by atoms with E-state index in [1.807, 2.05) is 60.3 Å². The maximum Gasteiger partial charge on any atom is 0.263 e. The van der Waals surface area contributed by atoms with E-state index in [-0.39, 0.29) is 5.91 Å². The molecule has 0 aliphatic heterocycles. The fourth-order valence-corrected chi connectivity index (χ4v) is 4.52. The molecule has 29 heavy (non-hydrogen) atoms. The molecule has 0 N–H and O–H groups in total. The number of rotatable bonds is 3. The Morgan fingerprint density at radius 1 is 1.10 bits per heavy atom. The average molecular weight is 402 g/mol. The van der Waals surface area contributed by atoms with Crippen molar-refractivity contribution in [3.05, 3.63) is 65.6 Å². The monoisotopic (exact) mass is 402 g/mol. The summed E-state index contributed by atoms with van der Waals surface area (Å²) in [4.78, 5) is 24.8. The van der Waals surface area contributed by atoms with Crippen LogP contribution in [0.25, 0.3) is 32.9 Å². The molecule has 1 aromatic carbocycles. The molecule has 0 spiro atoms. The zero-order valence-electron chi connectivity index (χ0n) is 16.2. The van der Waals surface area contributed by atoms with Gasteiger partial charge in [0.2, 0.25) is 0 Å². The Labute approximate surface area is 170 Å². The molecule has 0 unspecified atom stereocenters. The Morgan fingerprint density at radius 2 is 1.83 bits per heavy atom. The van der Waals surface area contributed by atoms with Crippen molar-refractivity contribution < 1.29 is 4.79 Å². The molecular weight excluding hydrogens is 384 g/mol. The van der Waals surface area contributed by atoms with Crippen LogP contribution in [0.15, 0.2) is 55.1 Å². The second-order valence-electron chi connectivity index (χ2n) is 7.02. The summed E-state index contributed by atoms with van der Waals surface area (Å²) in [7, 11) is 3.50. The van der Waals surface area contributed by atoms with Gasteiger partial charge in [-0.3, -0.25) is 4.79 Å². The summed E-state index contributed by atoms with van der Waals surface area (Å²) >= 11 is 1.39. The van der Waals surface area contributed by atoms with Gasteiger partial charge in [0.1, 0.15) is 11.2 Å². The quantitative estimate of drug-likeness (QED) is 0.460. The Bertz CT molecular complexity index is 1350. The summed E-state index contributed by atoms with van der Waals surface area (Å²) in [5, 5.41) is 5.48. The second kappa shape index (κ2) is 6.52. The van der Waals surface area contributed by atoms with Gasteiger partial charge in [0, 0.05) is 37.7 Å². The van der Waals surface area contributed by atoms with Crippen molar-refractivity contribution >= 4 is 33.1 Å². The predicted octanol–water partition coefficient (Wildman–Crippen LogP) is 3.81. The molecule has 0 atom stereocenters. The minimum Gasteiger partial charge on any atom is -0.344 e. The first kappa shape index (κ1) is 17.6. The first-order valence-electron chi connectivity index (χ1n) is 9.13. The number of hydrogen-bond acceptors (Lipinski definition) is 5. The average Bonchev–Trinajstić information content (AvgIpc) is 3.46. The standard InChI is InChI=1S/C21H18N6OS/c1-13-16-19-23-18(14-6-8-15(9-7-14)26-10-4-5-11-26)24-27(19)12-22-20(16)29-17(13)21(28)25(2)3/h4-12H,1-3H3. The van der Waals surface area contributed by atoms with Gasteiger partial charge in [-0.1, -0.05) is 0 Å².